The van der Waals surface area contributed by atoms with E-state index in [1.165, 1.54) is 12.6 Å². The summed E-state index contributed by atoms with van der Waals surface area (Å²) in [6, 6.07) is 0. The Bertz CT molecular complexity index is 850. The zero-order chi connectivity index (χ0) is 16.0. The standard InChI is InChI=1S/C16H19N5O2/c1-21-14-12(7-18-21)16(23)20-13(19-14)8-17-15(22)11-6-9-2-4-10(11)5-3-9/h2,4,7,9-11H,3,5-6,8H2,1H3,(H,17,22)(H,19,20,23)/t9-,10+,11-/m1/s1. The Kier molecular flexibility index (Phi) is 3.28. The Balaban J connectivity index is 1.49. The Labute approximate surface area is 132 Å². The highest BCUT2D eigenvalue weighted by molar-refractivity contribution is 5.79. The number of allylic oxidation sites excluding steroid dienone is 2. The van der Waals surface area contributed by atoms with Crippen molar-refractivity contribution in [3.8, 4) is 0 Å². The number of fused-ring (bicyclic) bond motifs is 3. The number of carbonyl (C=O) groups is 1. The number of rotatable bonds is 3. The van der Waals surface area contributed by atoms with Gasteiger partial charge in [-0.3, -0.25) is 14.3 Å². The van der Waals surface area contributed by atoms with Crippen LogP contribution in [0.5, 0.6) is 0 Å². The minimum atomic E-state index is -0.230. The first-order valence-corrected chi connectivity index (χ1v) is 7.99. The molecular formula is C16H19N5O2. The van der Waals surface area contributed by atoms with Crippen LogP contribution in [0.25, 0.3) is 11.0 Å². The number of carbonyl (C=O) groups excluding carboxylic acids is 1. The van der Waals surface area contributed by atoms with Crippen LogP contribution in [0.3, 0.4) is 0 Å². The van der Waals surface area contributed by atoms with E-state index >= 15 is 0 Å². The van der Waals surface area contributed by atoms with E-state index in [0.29, 0.717) is 28.7 Å². The third-order valence-electron chi connectivity index (χ3n) is 4.99. The average Bonchev–Trinajstić information content (AvgIpc) is 2.95. The van der Waals surface area contributed by atoms with E-state index in [1.807, 2.05) is 0 Å². The third-order valence-corrected chi connectivity index (χ3v) is 4.99. The molecule has 1 amide bonds. The Morgan fingerprint density at radius 2 is 2.30 bits per heavy atom. The predicted octanol–water partition coefficient (Wildman–Crippen LogP) is 0.875. The highest BCUT2D eigenvalue weighted by atomic mass is 16.2. The van der Waals surface area contributed by atoms with Crippen LogP contribution in [0.4, 0.5) is 0 Å². The maximum atomic E-state index is 12.4. The van der Waals surface area contributed by atoms with Crippen molar-refractivity contribution in [2.24, 2.45) is 24.8 Å². The van der Waals surface area contributed by atoms with Gasteiger partial charge in [-0.15, -0.1) is 0 Å². The summed E-state index contributed by atoms with van der Waals surface area (Å²) in [4.78, 5) is 31.5. The van der Waals surface area contributed by atoms with Crippen molar-refractivity contribution in [3.05, 3.63) is 34.5 Å². The maximum Gasteiger partial charge on any atom is 0.262 e. The summed E-state index contributed by atoms with van der Waals surface area (Å²) in [5.74, 6) is 1.45. The molecule has 120 valence electrons. The van der Waals surface area contributed by atoms with Crippen LogP contribution < -0.4 is 10.9 Å². The Morgan fingerprint density at radius 3 is 3.00 bits per heavy atom. The summed E-state index contributed by atoms with van der Waals surface area (Å²) in [6.45, 7) is 0.229. The third kappa shape index (κ3) is 2.46. The molecule has 0 spiro atoms. The normalized spacial score (nSPS) is 25.9. The second-order valence-electron chi connectivity index (χ2n) is 6.46. The van der Waals surface area contributed by atoms with Crippen molar-refractivity contribution in [3.63, 3.8) is 0 Å². The monoisotopic (exact) mass is 313 g/mol. The van der Waals surface area contributed by atoms with Gasteiger partial charge in [-0.25, -0.2) is 4.98 Å². The molecule has 2 N–H and O–H groups in total. The zero-order valence-corrected chi connectivity index (χ0v) is 13.0. The van der Waals surface area contributed by atoms with Crippen molar-refractivity contribution in [1.82, 2.24) is 25.1 Å². The highest BCUT2D eigenvalue weighted by Crippen LogP contribution is 2.40. The number of nitrogens with one attached hydrogen (secondary N) is 2. The molecule has 0 aliphatic heterocycles. The van der Waals surface area contributed by atoms with Gasteiger partial charge in [0, 0.05) is 13.0 Å². The molecule has 0 saturated heterocycles. The smallest absolute Gasteiger partial charge is 0.262 e. The van der Waals surface area contributed by atoms with Crippen molar-refractivity contribution < 1.29 is 4.79 Å². The molecule has 2 aromatic heterocycles. The molecule has 3 aliphatic carbocycles. The fourth-order valence-electron chi connectivity index (χ4n) is 3.70. The molecule has 3 aliphatic rings. The molecule has 5 rings (SSSR count). The fraction of sp³-hybridized carbons (Fsp3) is 0.500. The molecule has 7 nitrogen and oxygen atoms in total. The Morgan fingerprint density at radius 1 is 1.43 bits per heavy atom. The number of aromatic amines is 1. The molecule has 23 heavy (non-hydrogen) atoms. The molecule has 2 bridgehead atoms. The number of nitrogens with zero attached hydrogens (tertiary/aromatic N) is 3. The van der Waals surface area contributed by atoms with Crippen LogP contribution in [-0.4, -0.2) is 25.7 Å². The molecule has 7 heteroatoms. The minimum absolute atomic E-state index is 0.0471. The van der Waals surface area contributed by atoms with Crippen LogP contribution in [0, 0.1) is 17.8 Å². The van der Waals surface area contributed by atoms with Gasteiger partial charge in [-0.05, 0) is 31.1 Å². The van der Waals surface area contributed by atoms with Gasteiger partial charge in [0.15, 0.2) is 5.65 Å². The molecule has 1 fully saturated rings. The van der Waals surface area contributed by atoms with Gasteiger partial charge in [-0.1, -0.05) is 12.2 Å². The second-order valence-corrected chi connectivity index (χ2v) is 6.46. The van der Waals surface area contributed by atoms with E-state index in [1.54, 1.807) is 11.7 Å². The van der Waals surface area contributed by atoms with E-state index in [-0.39, 0.29) is 23.9 Å². The summed E-state index contributed by atoms with van der Waals surface area (Å²) < 4.78 is 1.56. The first-order chi connectivity index (χ1) is 11.1. The largest absolute Gasteiger partial charge is 0.349 e. The van der Waals surface area contributed by atoms with E-state index in [0.717, 1.165) is 12.8 Å². The topological polar surface area (TPSA) is 92.7 Å². The summed E-state index contributed by atoms with van der Waals surface area (Å²) in [7, 11) is 1.74. The van der Waals surface area contributed by atoms with Crippen LogP contribution in [0.1, 0.15) is 25.1 Å². The molecule has 0 aromatic carbocycles. The number of amides is 1. The van der Waals surface area contributed by atoms with Gasteiger partial charge in [-0.2, -0.15) is 5.10 Å². The fourth-order valence-corrected chi connectivity index (χ4v) is 3.70. The van der Waals surface area contributed by atoms with Crippen LogP contribution in [0.2, 0.25) is 0 Å². The maximum absolute atomic E-state index is 12.4. The molecule has 2 aromatic rings. The summed E-state index contributed by atoms with van der Waals surface area (Å²) >= 11 is 0. The van der Waals surface area contributed by atoms with Gasteiger partial charge in [0.1, 0.15) is 11.2 Å². The molecular weight excluding hydrogens is 294 g/mol. The molecule has 0 radical (unpaired) electrons. The lowest BCUT2D eigenvalue weighted by Crippen LogP contribution is -2.40. The molecule has 2 heterocycles. The lowest BCUT2D eigenvalue weighted by atomic mass is 9.69. The molecule has 1 saturated carbocycles. The number of hydrogen-bond acceptors (Lipinski definition) is 4. The molecule has 3 atom stereocenters. The van der Waals surface area contributed by atoms with Crippen LogP contribution in [0.15, 0.2) is 23.1 Å². The van der Waals surface area contributed by atoms with E-state index in [4.69, 9.17) is 0 Å². The van der Waals surface area contributed by atoms with E-state index in [9.17, 15) is 9.59 Å². The SMILES string of the molecule is Cn1ncc2c(=O)[nH]c(CNC(=O)[C@@H]3C[C@@H]4C=C[C@H]3CC4)nc21. The lowest BCUT2D eigenvalue weighted by Gasteiger charge is -2.36. The lowest BCUT2D eigenvalue weighted by molar-refractivity contribution is -0.128. The van der Waals surface area contributed by atoms with E-state index < -0.39 is 0 Å². The minimum Gasteiger partial charge on any atom is -0.349 e. The quantitative estimate of drug-likeness (QED) is 0.823. The first kappa shape index (κ1) is 14.2. The van der Waals surface area contributed by atoms with Gasteiger partial charge in [0.2, 0.25) is 5.91 Å². The Hall–Kier alpha value is -2.44. The summed E-state index contributed by atoms with van der Waals surface area (Å²) in [6.07, 6.45) is 9.13. The van der Waals surface area contributed by atoms with Crippen molar-refractivity contribution in [1.29, 1.82) is 0 Å². The number of aromatic nitrogens is 4. The van der Waals surface area contributed by atoms with Gasteiger partial charge in [0.05, 0.1) is 12.7 Å². The van der Waals surface area contributed by atoms with Gasteiger partial charge < -0.3 is 10.3 Å². The predicted molar refractivity (Wildman–Crippen MR) is 84.4 cm³/mol. The van der Waals surface area contributed by atoms with Crippen LogP contribution >= 0.6 is 0 Å². The summed E-state index contributed by atoms with van der Waals surface area (Å²) in [5, 5.41) is 7.41. The number of H-pyrrole nitrogens is 1. The zero-order valence-electron chi connectivity index (χ0n) is 13.0. The number of hydrogen-bond donors (Lipinski definition) is 2. The number of aryl methyl sites for hydroxylation is 1. The van der Waals surface area contributed by atoms with Crippen molar-refractivity contribution >= 4 is 16.9 Å². The van der Waals surface area contributed by atoms with Gasteiger partial charge >= 0.3 is 0 Å². The van der Waals surface area contributed by atoms with Crippen molar-refractivity contribution in [2.45, 2.75) is 25.8 Å². The van der Waals surface area contributed by atoms with Crippen molar-refractivity contribution in [2.75, 3.05) is 0 Å². The second kappa shape index (κ2) is 5.33. The highest BCUT2D eigenvalue weighted by Gasteiger charge is 2.36. The molecule has 0 unspecified atom stereocenters. The van der Waals surface area contributed by atoms with Crippen LogP contribution in [-0.2, 0) is 18.4 Å². The average molecular weight is 313 g/mol. The van der Waals surface area contributed by atoms with E-state index in [2.05, 4.69) is 32.5 Å². The summed E-state index contributed by atoms with van der Waals surface area (Å²) in [5.41, 5.74) is 0.296. The van der Waals surface area contributed by atoms with Gasteiger partial charge in [0.25, 0.3) is 5.56 Å². The first-order valence-electron chi connectivity index (χ1n) is 7.99.